The summed E-state index contributed by atoms with van der Waals surface area (Å²) in [6, 6.07) is 0.00112. The maximum absolute atomic E-state index is 11.8. The summed E-state index contributed by atoms with van der Waals surface area (Å²) < 4.78 is 29.7. The van der Waals surface area contributed by atoms with E-state index in [4.69, 9.17) is 9.84 Å². The van der Waals surface area contributed by atoms with Crippen LogP contribution in [0, 0.1) is 0 Å². The monoisotopic (exact) mass is 251 g/mol. The van der Waals surface area contributed by atoms with Crippen molar-refractivity contribution in [3.63, 3.8) is 0 Å². The highest BCUT2D eigenvalue weighted by Gasteiger charge is 2.36. The molecule has 0 aliphatic heterocycles. The van der Waals surface area contributed by atoms with Gasteiger partial charge in [0.1, 0.15) is 0 Å². The highest BCUT2D eigenvalue weighted by Crippen LogP contribution is 2.29. The molecule has 1 rings (SSSR count). The fourth-order valence-electron chi connectivity index (χ4n) is 1.42. The van der Waals surface area contributed by atoms with Crippen LogP contribution in [0.4, 0.5) is 0 Å². The van der Waals surface area contributed by atoms with E-state index < -0.39 is 16.0 Å². The van der Waals surface area contributed by atoms with Gasteiger partial charge >= 0.3 is 5.97 Å². The second kappa shape index (κ2) is 5.60. The quantitative estimate of drug-likeness (QED) is 0.651. The molecule has 6 nitrogen and oxygen atoms in total. The zero-order valence-electron chi connectivity index (χ0n) is 9.26. The van der Waals surface area contributed by atoms with Crippen molar-refractivity contribution in [2.75, 3.05) is 26.0 Å². The van der Waals surface area contributed by atoms with E-state index in [-0.39, 0.29) is 31.4 Å². The van der Waals surface area contributed by atoms with Crippen LogP contribution in [0.15, 0.2) is 0 Å². The van der Waals surface area contributed by atoms with E-state index in [2.05, 4.69) is 0 Å². The Morgan fingerprint density at radius 3 is 2.56 bits per heavy atom. The smallest absolute Gasteiger partial charge is 0.304 e. The third-order valence-corrected chi connectivity index (χ3v) is 4.28. The van der Waals surface area contributed by atoms with Crippen LogP contribution in [-0.4, -0.2) is 55.9 Å². The van der Waals surface area contributed by atoms with E-state index in [0.29, 0.717) is 0 Å². The Morgan fingerprint density at radius 1 is 1.50 bits per heavy atom. The van der Waals surface area contributed by atoms with Crippen molar-refractivity contribution in [2.24, 2.45) is 0 Å². The minimum absolute atomic E-state index is 0.00112. The molecule has 0 radical (unpaired) electrons. The van der Waals surface area contributed by atoms with Crippen molar-refractivity contribution >= 4 is 16.0 Å². The first-order chi connectivity index (χ1) is 7.47. The average molecular weight is 251 g/mol. The summed E-state index contributed by atoms with van der Waals surface area (Å²) in [5, 5.41) is 8.56. The summed E-state index contributed by atoms with van der Waals surface area (Å²) in [6.45, 7) is 0.199. The molecule has 1 aliphatic carbocycles. The molecule has 0 amide bonds. The number of aliphatic carboxylic acids is 1. The number of ether oxygens (including phenoxy) is 1. The number of carbonyl (C=O) groups is 1. The third-order valence-electron chi connectivity index (χ3n) is 2.40. The highest BCUT2D eigenvalue weighted by molar-refractivity contribution is 7.89. The standard InChI is InChI=1S/C9H17NO5S/c1-15-6-7-16(13,14)10(8-2-3-8)5-4-9(11)12/h8H,2-7H2,1H3,(H,11,12). The molecule has 0 aromatic carbocycles. The molecule has 0 aromatic rings. The van der Waals surface area contributed by atoms with Crippen molar-refractivity contribution in [1.82, 2.24) is 4.31 Å². The molecule has 0 atom stereocenters. The summed E-state index contributed by atoms with van der Waals surface area (Å²) in [5.74, 6) is -1.06. The molecule has 0 bridgehead atoms. The van der Waals surface area contributed by atoms with E-state index in [1.165, 1.54) is 11.4 Å². The van der Waals surface area contributed by atoms with Crippen LogP contribution >= 0.6 is 0 Å². The van der Waals surface area contributed by atoms with Crippen LogP contribution in [0.3, 0.4) is 0 Å². The van der Waals surface area contributed by atoms with Crippen LogP contribution in [0.25, 0.3) is 0 Å². The van der Waals surface area contributed by atoms with Gasteiger partial charge in [0.25, 0.3) is 0 Å². The first-order valence-corrected chi connectivity index (χ1v) is 6.78. The maximum Gasteiger partial charge on any atom is 0.304 e. The Kier molecular flexibility index (Phi) is 4.69. The van der Waals surface area contributed by atoms with Gasteiger partial charge in [-0.25, -0.2) is 8.42 Å². The molecule has 1 saturated carbocycles. The van der Waals surface area contributed by atoms with Gasteiger partial charge in [-0.1, -0.05) is 0 Å². The molecule has 7 heteroatoms. The maximum atomic E-state index is 11.8. The van der Waals surface area contributed by atoms with E-state index in [1.807, 2.05) is 0 Å². The molecular formula is C9H17NO5S. The lowest BCUT2D eigenvalue weighted by atomic mass is 10.4. The molecule has 0 aromatic heterocycles. The summed E-state index contributed by atoms with van der Waals surface area (Å²) >= 11 is 0. The molecule has 0 saturated heterocycles. The fraction of sp³-hybridized carbons (Fsp3) is 0.889. The normalized spacial score (nSPS) is 16.6. The van der Waals surface area contributed by atoms with Gasteiger partial charge in [-0.05, 0) is 12.8 Å². The zero-order valence-corrected chi connectivity index (χ0v) is 10.1. The summed E-state index contributed by atoms with van der Waals surface area (Å²) in [5.41, 5.74) is 0. The number of rotatable bonds is 8. The Balaban J connectivity index is 2.57. The van der Waals surface area contributed by atoms with Crippen molar-refractivity contribution < 1.29 is 23.1 Å². The zero-order chi connectivity index (χ0) is 12.2. The van der Waals surface area contributed by atoms with Gasteiger partial charge in [0, 0.05) is 19.7 Å². The van der Waals surface area contributed by atoms with Crippen molar-refractivity contribution in [1.29, 1.82) is 0 Å². The van der Waals surface area contributed by atoms with Gasteiger partial charge in [-0.3, -0.25) is 4.79 Å². The minimum Gasteiger partial charge on any atom is -0.481 e. The van der Waals surface area contributed by atoms with Crippen LogP contribution in [-0.2, 0) is 19.6 Å². The fourth-order valence-corrected chi connectivity index (χ4v) is 3.07. The Morgan fingerprint density at radius 2 is 2.12 bits per heavy atom. The predicted molar refractivity (Wildman–Crippen MR) is 57.6 cm³/mol. The number of carboxylic acid groups (broad SMARTS) is 1. The van der Waals surface area contributed by atoms with Crippen molar-refractivity contribution in [3.8, 4) is 0 Å². The van der Waals surface area contributed by atoms with Crippen LogP contribution < -0.4 is 0 Å². The van der Waals surface area contributed by atoms with Gasteiger partial charge in [0.05, 0.1) is 18.8 Å². The molecule has 16 heavy (non-hydrogen) atoms. The van der Waals surface area contributed by atoms with Crippen LogP contribution in [0.5, 0.6) is 0 Å². The van der Waals surface area contributed by atoms with E-state index in [0.717, 1.165) is 12.8 Å². The topological polar surface area (TPSA) is 83.9 Å². The van der Waals surface area contributed by atoms with Crippen LogP contribution in [0.1, 0.15) is 19.3 Å². The lowest BCUT2D eigenvalue weighted by Crippen LogP contribution is -2.37. The molecular weight excluding hydrogens is 234 g/mol. The molecule has 1 N–H and O–H groups in total. The lowest BCUT2D eigenvalue weighted by molar-refractivity contribution is -0.137. The Bertz CT molecular complexity index is 336. The summed E-state index contributed by atoms with van der Waals surface area (Å²) in [7, 11) is -1.93. The molecule has 0 heterocycles. The largest absolute Gasteiger partial charge is 0.481 e. The molecule has 1 fully saturated rings. The summed E-state index contributed by atoms with van der Waals surface area (Å²) in [4.78, 5) is 10.4. The number of carboxylic acids is 1. The average Bonchev–Trinajstić information content (AvgIpc) is 2.98. The highest BCUT2D eigenvalue weighted by atomic mass is 32.2. The third kappa shape index (κ3) is 4.07. The molecule has 1 aliphatic rings. The van der Waals surface area contributed by atoms with Gasteiger partial charge < -0.3 is 9.84 Å². The molecule has 0 unspecified atom stereocenters. The summed E-state index contributed by atoms with van der Waals surface area (Å²) in [6.07, 6.45) is 1.50. The number of hydrogen-bond acceptors (Lipinski definition) is 4. The second-order valence-corrected chi connectivity index (χ2v) is 5.84. The second-order valence-electron chi connectivity index (χ2n) is 3.79. The van der Waals surface area contributed by atoms with Crippen molar-refractivity contribution in [2.45, 2.75) is 25.3 Å². The first kappa shape index (κ1) is 13.4. The van der Waals surface area contributed by atoms with Crippen molar-refractivity contribution in [3.05, 3.63) is 0 Å². The number of sulfonamides is 1. The predicted octanol–water partition coefficient (Wildman–Crippen LogP) is -0.0983. The first-order valence-electron chi connectivity index (χ1n) is 5.17. The van der Waals surface area contributed by atoms with Gasteiger partial charge in [-0.2, -0.15) is 4.31 Å². The number of methoxy groups -OCH3 is 1. The number of nitrogens with zero attached hydrogens (tertiary/aromatic N) is 1. The van der Waals surface area contributed by atoms with Gasteiger partial charge in [0.2, 0.25) is 10.0 Å². The minimum atomic E-state index is -3.37. The van der Waals surface area contributed by atoms with Gasteiger partial charge in [0.15, 0.2) is 0 Å². The molecule has 94 valence electrons. The van der Waals surface area contributed by atoms with E-state index in [9.17, 15) is 13.2 Å². The lowest BCUT2D eigenvalue weighted by Gasteiger charge is -2.20. The SMILES string of the molecule is COCCS(=O)(=O)N(CCC(=O)O)C1CC1. The molecule has 0 spiro atoms. The van der Waals surface area contributed by atoms with E-state index in [1.54, 1.807) is 0 Å². The Hall–Kier alpha value is -0.660. The van der Waals surface area contributed by atoms with Crippen LogP contribution in [0.2, 0.25) is 0 Å². The Labute approximate surface area is 95.2 Å². The number of hydrogen-bond donors (Lipinski definition) is 1. The van der Waals surface area contributed by atoms with Gasteiger partial charge in [-0.15, -0.1) is 0 Å². The van der Waals surface area contributed by atoms with E-state index >= 15 is 0 Å².